The Morgan fingerprint density at radius 2 is 1.83 bits per heavy atom. The van der Waals surface area contributed by atoms with Gasteiger partial charge in [-0.2, -0.15) is 13.2 Å². The third-order valence-corrected chi connectivity index (χ3v) is 1.60. The van der Waals surface area contributed by atoms with Crippen molar-refractivity contribution in [2.45, 2.75) is 51.3 Å². The molecule has 0 spiro atoms. The molecule has 0 aliphatic heterocycles. The zero-order valence-electron chi connectivity index (χ0n) is 7.16. The second-order valence-electron chi connectivity index (χ2n) is 2.92. The van der Waals surface area contributed by atoms with Crippen molar-refractivity contribution in [1.82, 2.24) is 0 Å². The molecule has 0 aromatic carbocycles. The van der Waals surface area contributed by atoms with E-state index in [0.717, 1.165) is 6.42 Å². The predicted octanol–water partition coefficient (Wildman–Crippen LogP) is 3.32. The molecule has 0 fully saturated rings. The van der Waals surface area contributed by atoms with Gasteiger partial charge in [-0.15, -0.1) is 0 Å². The molecule has 4 heteroatoms. The maximum absolute atomic E-state index is 11.6. The standard InChI is InChI=1S/C8H14F3O/c1-2-4-7(12)5-3-6-8(9,10)11/h7H,2-6H2,1H3. The number of alkyl halides is 3. The molecule has 1 nitrogen and oxygen atoms in total. The van der Waals surface area contributed by atoms with Crippen LogP contribution in [-0.2, 0) is 5.11 Å². The van der Waals surface area contributed by atoms with E-state index in [9.17, 15) is 18.3 Å². The minimum atomic E-state index is -4.11. The molecular weight excluding hydrogens is 169 g/mol. The van der Waals surface area contributed by atoms with Crippen molar-refractivity contribution >= 4 is 0 Å². The first-order valence-corrected chi connectivity index (χ1v) is 4.18. The highest BCUT2D eigenvalue weighted by Crippen LogP contribution is 2.23. The zero-order valence-corrected chi connectivity index (χ0v) is 7.16. The van der Waals surface area contributed by atoms with Gasteiger partial charge in [0.2, 0.25) is 0 Å². The molecule has 0 amide bonds. The number of rotatable bonds is 5. The van der Waals surface area contributed by atoms with Gasteiger partial charge in [0.15, 0.2) is 0 Å². The summed E-state index contributed by atoms with van der Waals surface area (Å²) in [7, 11) is 0. The first-order valence-electron chi connectivity index (χ1n) is 4.18. The van der Waals surface area contributed by atoms with Crippen LogP contribution < -0.4 is 0 Å². The molecule has 1 unspecified atom stereocenters. The molecule has 73 valence electrons. The highest BCUT2D eigenvalue weighted by atomic mass is 19.4. The summed E-state index contributed by atoms with van der Waals surface area (Å²) in [5.41, 5.74) is 0. The summed E-state index contributed by atoms with van der Waals surface area (Å²) in [5.74, 6) is 0. The van der Waals surface area contributed by atoms with Gasteiger partial charge in [-0.3, -0.25) is 0 Å². The number of hydrogen-bond acceptors (Lipinski definition) is 0. The largest absolute Gasteiger partial charge is 0.389 e. The summed E-state index contributed by atoms with van der Waals surface area (Å²) < 4.78 is 34.8. The number of halogens is 3. The lowest BCUT2D eigenvalue weighted by Crippen LogP contribution is -2.10. The Bertz CT molecular complexity index is 111. The zero-order chi connectivity index (χ0) is 9.61. The van der Waals surface area contributed by atoms with Gasteiger partial charge < -0.3 is 0 Å². The smallest absolute Gasteiger partial charge is 0.233 e. The average Bonchev–Trinajstić information content (AvgIpc) is 1.84. The van der Waals surface area contributed by atoms with Crippen molar-refractivity contribution in [3.05, 3.63) is 0 Å². The average molecular weight is 183 g/mol. The molecule has 0 bridgehead atoms. The Kier molecular flexibility index (Phi) is 5.29. The topological polar surface area (TPSA) is 19.9 Å². The van der Waals surface area contributed by atoms with Crippen molar-refractivity contribution in [1.29, 1.82) is 0 Å². The Morgan fingerprint density at radius 3 is 2.25 bits per heavy atom. The summed E-state index contributed by atoms with van der Waals surface area (Å²) in [6.07, 6.45) is -4.39. The van der Waals surface area contributed by atoms with E-state index in [1.807, 2.05) is 6.92 Å². The molecule has 12 heavy (non-hydrogen) atoms. The van der Waals surface area contributed by atoms with Crippen molar-refractivity contribution in [2.24, 2.45) is 0 Å². The van der Waals surface area contributed by atoms with Crippen LogP contribution in [0.5, 0.6) is 0 Å². The first-order chi connectivity index (χ1) is 5.45. The molecule has 1 atom stereocenters. The molecule has 0 aliphatic rings. The van der Waals surface area contributed by atoms with Crippen LogP contribution in [-0.4, -0.2) is 12.3 Å². The van der Waals surface area contributed by atoms with E-state index in [2.05, 4.69) is 0 Å². The lowest BCUT2D eigenvalue weighted by Gasteiger charge is -2.08. The monoisotopic (exact) mass is 183 g/mol. The third kappa shape index (κ3) is 7.85. The number of hydrogen-bond donors (Lipinski definition) is 0. The van der Waals surface area contributed by atoms with Crippen LogP contribution in [0.2, 0.25) is 0 Å². The predicted molar refractivity (Wildman–Crippen MR) is 39.3 cm³/mol. The molecule has 0 saturated heterocycles. The highest BCUT2D eigenvalue weighted by molar-refractivity contribution is 4.57. The second-order valence-corrected chi connectivity index (χ2v) is 2.92. The highest BCUT2D eigenvalue weighted by Gasteiger charge is 2.26. The van der Waals surface area contributed by atoms with Gasteiger partial charge in [-0.1, -0.05) is 13.3 Å². The van der Waals surface area contributed by atoms with Gasteiger partial charge in [0, 0.05) is 6.42 Å². The van der Waals surface area contributed by atoms with Gasteiger partial charge in [-0.25, -0.2) is 5.11 Å². The minimum Gasteiger partial charge on any atom is -0.233 e. The summed E-state index contributed by atoms with van der Waals surface area (Å²) in [6, 6.07) is 0. The molecule has 0 heterocycles. The van der Waals surface area contributed by atoms with E-state index in [4.69, 9.17) is 0 Å². The molecular formula is C8H14F3O. The van der Waals surface area contributed by atoms with Gasteiger partial charge in [0.1, 0.15) is 0 Å². The molecule has 0 rings (SSSR count). The van der Waals surface area contributed by atoms with Gasteiger partial charge >= 0.3 is 6.18 Å². The maximum Gasteiger partial charge on any atom is 0.389 e. The molecule has 0 aliphatic carbocycles. The Labute approximate surface area is 70.6 Å². The minimum absolute atomic E-state index is 0.0301. The fraction of sp³-hybridized carbons (Fsp3) is 1.00. The normalized spacial score (nSPS) is 14.8. The summed E-state index contributed by atoms with van der Waals surface area (Å²) in [6.45, 7) is 1.86. The van der Waals surface area contributed by atoms with Crippen molar-refractivity contribution in [3.63, 3.8) is 0 Å². The van der Waals surface area contributed by atoms with Crippen molar-refractivity contribution < 1.29 is 18.3 Å². The van der Waals surface area contributed by atoms with E-state index in [0.29, 0.717) is 6.42 Å². The van der Waals surface area contributed by atoms with Crippen LogP contribution in [0, 0.1) is 0 Å². The van der Waals surface area contributed by atoms with Gasteiger partial charge in [0.05, 0.1) is 6.10 Å². The lowest BCUT2D eigenvalue weighted by atomic mass is 10.1. The third-order valence-electron chi connectivity index (χ3n) is 1.60. The molecule has 1 radical (unpaired) electrons. The van der Waals surface area contributed by atoms with E-state index in [1.54, 1.807) is 0 Å². The Morgan fingerprint density at radius 1 is 1.25 bits per heavy atom. The van der Waals surface area contributed by atoms with Gasteiger partial charge in [0.25, 0.3) is 0 Å². The molecule has 0 saturated carbocycles. The summed E-state index contributed by atoms with van der Waals surface area (Å²) in [5, 5.41) is 10.8. The summed E-state index contributed by atoms with van der Waals surface area (Å²) in [4.78, 5) is 0. The molecule has 0 aromatic heterocycles. The van der Waals surface area contributed by atoms with Crippen LogP contribution in [0.25, 0.3) is 0 Å². The van der Waals surface area contributed by atoms with Crippen LogP contribution >= 0.6 is 0 Å². The summed E-state index contributed by atoms with van der Waals surface area (Å²) >= 11 is 0. The van der Waals surface area contributed by atoms with Crippen LogP contribution in [0.3, 0.4) is 0 Å². The SMILES string of the molecule is CCCC([O])CCCC(F)(F)F. The van der Waals surface area contributed by atoms with Crippen LogP contribution in [0.15, 0.2) is 0 Å². The molecule has 0 N–H and O–H groups in total. The van der Waals surface area contributed by atoms with E-state index >= 15 is 0 Å². The fourth-order valence-corrected chi connectivity index (χ4v) is 0.996. The molecule has 0 aromatic rings. The van der Waals surface area contributed by atoms with E-state index in [1.165, 1.54) is 0 Å². The Hall–Kier alpha value is -0.250. The quantitative estimate of drug-likeness (QED) is 0.623. The second kappa shape index (κ2) is 5.41. The van der Waals surface area contributed by atoms with E-state index < -0.39 is 18.7 Å². The van der Waals surface area contributed by atoms with Crippen LogP contribution in [0.4, 0.5) is 13.2 Å². The fourth-order valence-electron chi connectivity index (χ4n) is 0.996. The van der Waals surface area contributed by atoms with Crippen molar-refractivity contribution in [3.8, 4) is 0 Å². The van der Waals surface area contributed by atoms with Gasteiger partial charge in [-0.05, 0) is 19.3 Å². The first kappa shape index (κ1) is 11.8. The maximum atomic E-state index is 11.6. The van der Waals surface area contributed by atoms with Crippen molar-refractivity contribution in [2.75, 3.05) is 0 Å². The Balaban J connectivity index is 3.31. The van der Waals surface area contributed by atoms with Crippen LogP contribution in [0.1, 0.15) is 39.0 Å². The van der Waals surface area contributed by atoms with E-state index in [-0.39, 0.29) is 12.8 Å². The lowest BCUT2D eigenvalue weighted by molar-refractivity contribution is -0.136.